The highest BCUT2D eigenvalue weighted by atomic mass is 16.5. The second kappa shape index (κ2) is 9.06. The zero-order valence-corrected chi connectivity index (χ0v) is 18.4. The largest absolute Gasteiger partial charge is 0.492 e. The third-order valence-corrected chi connectivity index (χ3v) is 5.50. The summed E-state index contributed by atoms with van der Waals surface area (Å²) in [6, 6.07) is 23.2. The number of carbonyl (C=O) groups is 1. The van der Waals surface area contributed by atoms with Crippen molar-refractivity contribution in [3.63, 3.8) is 0 Å². The van der Waals surface area contributed by atoms with Gasteiger partial charge in [0, 0.05) is 12.6 Å². The second-order valence-corrected chi connectivity index (χ2v) is 7.49. The standard InChI is InChI=1S/C26H25N3O3/c1-4-32-23-17-11-10-16-22(23)29-24(27-21-15-9-8-14-20(21)26(29)31)18(2)28(3)25(30)19-12-6-5-7-13-19/h5-18H,4H2,1-3H3. The summed E-state index contributed by atoms with van der Waals surface area (Å²) in [4.78, 5) is 33.2. The van der Waals surface area contributed by atoms with E-state index >= 15 is 0 Å². The fourth-order valence-electron chi connectivity index (χ4n) is 3.72. The Kier molecular flexibility index (Phi) is 6.03. The molecule has 0 fully saturated rings. The van der Waals surface area contributed by atoms with Crippen LogP contribution in [0.1, 0.15) is 36.1 Å². The number of rotatable bonds is 6. The Morgan fingerprint density at radius 3 is 2.41 bits per heavy atom. The van der Waals surface area contributed by atoms with E-state index in [-0.39, 0.29) is 11.5 Å². The lowest BCUT2D eigenvalue weighted by Crippen LogP contribution is -2.35. The molecule has 0 aliphatic heterocycles. The summed E-state index contributed by atoms with van der Waals surface area (Å²) in [5, 5.41) is 0.506. The maximum absolute atomic E-state index is 13.6. The summed E-state index contributed by atoms with van der Waals surface area (Å²) < 4.78 is 7.36. The Balaban J connectivity index is 1.92. The maximum atomic E-state index is 13.6. The van der Waals surface area contributed by atoms with E-state index in [2.05, 4.69) is 0 Å². The third kappa shape index (κ3) is 3.87. The fraction of sp³-hybridized carbons (Fsp3) is 0.192. The molecule has 0 saturated heterocycles. The van der Waals surface area contributed by atoms with E-state index < -0.39 is 6.04 Å². The van der Waals surface area contributed by atoms with Gasteiger partial charge in [0.1, 0.15) is 11.6 Å². The van der Waals surface area contributed by atoms with Crippen molar-refractivity contribution in [1.29, 1.82) is 0 Å². The Morgan fingerprint density at radius 2 is 1.66 bits per heavy atom. The smallest absolute Gasteiger partial charge is 0.266 e. The van der Waals surface area contributed by atoms with E-state index in [0.717, 1.165) is 0 Å². The summed E-state index contributed by atoms with van der Waals surface area (Å²) >= 11 is 0. The number of benzene rings is 3. The molecule has 0 bridgehead atoms. The molecule has 162 valence electrons. The van der Waals surface area contributed by atoms with Gasteiger partial charge in [0.05, 0.1) is 29.2 Å². The molecule has 1 atom stereocenters. The first-order valence-electron chi connectivity index (χ1n) is 10.6. The van der Waals surface area contributed by atoms with E-state index in [1.165, 1.54) is 0 Å². The van der Waals surface area contributed by atoms with Gasteiger partial charge >= 0.3 is 0 Å². The number of hydrogen-bond donors (Lipinski definition) is 0. The first-order valence-corrected chi connectivity index (χ1v) is 10.6. The summed E-state index contributed by atoms with van der Waals surface area (Å²) in [5.41, 5.74) is 1.56. The quantitative estimate of drug-likeness (QED) is 0.451. The van der Waals surface area contributed by atoms with Gasteiger partial charge in [-0.1, -0.05) is 42.5 Å². The van der Waals surface area contributed by atoms with Crippen LogP contribution in [0, 0.1) is 0 Å². The van der Waals surface area contributed by atoms with Crippen LogP contribution in [-0.2, 0) is 0 Å². The van der Waals surface area contributed by atoms with Crippen molar-refractivity contribution in [3.8, 4) is 11.4 Å². The van der Waals surface area contributed by atoms with Crippen LogP contribution in [0.15, 0.2) is 83.7 Å². The highest BCUT2D eigenvalue weighted by molar-refractivity contribution is 5.94. The van der Waals surface area contributed by atoms with Crippen molar-refractivity contribution >= 4 is 16.8 Å². The van der Waals surface area contributed by atoms with Crippen LogP contribution in [0.4, 0.5) is 0 Å². The minimum Gasteiger partial charge on any atom is -0.492 e. The van der Waals surface area contributed by atoms with Gasteiger partial charge < -0.3 is 9.64 Å². The van der Waals surface area contributed by atoms with Crippen LogP contribution < -0.4 is 10.3 Å². The molecule has 0 aliphatic carbocycles. The van der Waals surface area contributed by atoms with Gasteiger partial charge in [-0.05, 0) is 50.2 Å². The molecule has 3 aromatic carbocycles. The number of para-hydroxylation sites is 3. The van der Waals surface area contributed by atoms with Crippen molar-refractivity contribution in [2.75, 3.05) is 13.7 Å². The monoisotopic (exact) mass is 427 g/mol. The summed E-state index contributed by atoms with van der Waals surface area (Å²) in [5.74, 6) is 0.900. The number of nitrogens with zero attached hydrogens (tertiary/aromatic N) is 3. The topological polar surface area (TPSA) is 64.4 Å². The Bertz CT molecular complexity index is 1310. The van der Waals surface area contributed by atoms with E-state index in [9.17, 15) is 9.59 Å². The minimum atomic E-state index is -0.477. The van der Waals surface area contributed by atoms with Crippen LogP contribution in [0.5, 0.6) is 5.75 Å². The van der Waals surface area contributed by atoms with Gasteiger partial charge in [0.15, 0.2) is 0 Å². The first kappa shape index (κ1) is 21.3. The van der Waals surface area contributed by atoms with Gasteiger partial charge in [-0.25, -0.2) is 4.98 Å². The van der Waals surface area contributed by atoms with Gasteiger partial charge in [0.25, 0.3) is 11.5 Å². The highest BCUT2D eigenvalue weighted by Crippen LogP contribution is 2.27. The van der Waals surface area contributed by atoms with Gasteiger partial charge in [-0.2, -0.15) is 0 Å². The molecule has 0 saturated carbocycles. The van der Waals surface area contributed by atoms with Gasteiger partial charge in [-0.15, -0.1) is 0 Å². The van der Waals surface area contributed by atoms with Crippen molar-refractivity contribution in [3.05, 3.63) is 101 Å². The molecule has 6 nitrogen and oxygen atoms in total. The lowest BCUT2D eigenvalue weighted by atomic mass is 10.1. The zero-order chi connectivity index (χ0) is 22.7. The molecule has 6 heteroatoms. The summed E-state index contributed by atoms with van der Waals surface area (Å²) in [6.07, 6.45) is 0. The molecule has 1 heterocycles. The molecule has 0 spiro atoms. The number of hydrogen-bond acceptors (Lipinski definition) is 4. The Hall–Kier alpha value is -3.93. The predicted molar refractivity (Wildman–Crippen MR) is 125 cm³/mol. The van der Waals surface area contributed by atoms with E-state index in [1.54, 1.807) is 34.7 Å². The van der Waals surface area contributed by atoms with Crippen LogP contribution in [0.25, 0.3) is 16.6 Å². The number of fused-ring (bicyclic) bond motifs is 1. The second-order valence-electron chi connectivity index (χ2n) is 7.49. The Labute approximate surface area is 186 Å². The average Bonchev–Trinajstić information content (AvgIpc) is 2.84. The lowest BCUT2D eigenvalue weighted by molar-refractivity contribution is 0.0735. The zero-order valence-electron chi connectivity index (χ0n) is 18.4. The van der Waals surface area contributed by atoms with Crippen molar-refractivity contribution in [1.82, 2.24) is 14.5 Å². The summed E-state index contributed by atoms with van der Waals surface area (Å²) in [7, 11) is 1.72. The van der Waals surface area contributed by atoms with Crippen LogP contribution in [0.2, 0.25) is 0 Å². The van der Waals surface area contributed by atoms with Crippen molar-refractivity contribution in [2.24, 2.45) is 0 Å². The fourth-order valence-corrected chi connectivity index (χ4v) is 3.72. The van der Waals surface area contributed by atoms with Gasteiger partial charge in [-0.3, -0.25) is 14.2 Å². The number of amides is 1. The van der Waals surface area contributed by atoms with Crippen LogP contribution in [-0.4, -0.2) is 34.0 Å². The molecule has 0 aliphatic rings. The number of aromatic nitrogens is 2. The van der Waals surface area contributed by atoms with Crippen LogP contribution in [0.3, 0.4) is 0 Å². The SMILES string of the molecule is CCOc1ccccc1-n1c(C(C)N(C)C(=O)c2ccccc2)nc2ccccc2c1=O. The molecule has 32 heavy (non-hydrogen) atoms. The number of ether oxygens (including phenoxy) is 1. The van der Waals surface area contributed by atoms with E-state index in [0.29, 0.717) is 40.3 Å². The van der Waals surface area contributed by atoms with Gasteiger partial charge in [0.2, 0.25) is 0 Å². The molecule has 1 aromatic heterocycles. The predicted octanol–water partition coefficient (Wildman–Crippen LogP) is 4.62. The Morgan fingerprint density at radius 1 is 1.00 bits per heavy atom. The molecule has 1 unspecified atom stereocenters. The molecule has 1 amide bonds. The van der Waals surface area contributed by atoms with Crippen molar-refractivity contribution in [2.45, 2.75) is 19.9 Å². The normalized spacial score (nSPS) is 11.8. The minimum absolute atomic E-state index is 0.148. The molecule has 4 aromatic rings. The third-order valence-electron chi connectivity index (χ3n) is 5.50. The van der Waals surface area contributed by atoms with Crippen molar-refractivity contribution < 1.29 is 9.53 Å². The molecule has 4 rings (SSSR count). The van der Waals surface area contributed by atoms with E-state index in [4.69, 9.17) is 9.72 Å². The maximum Gasteiger partial charge on any atom is 0.266 e. The molecule has 0 radical (unpaired) electrons. The van der Waals surface area contributed by atoms with E-state index in [1.807, 2.05) is 74.5 Å². The average molecular weight is 428 g/mol. The number of carbonyl (C=O) groups excluding carboxylic acids is 1. The molecular weight excluding hydrogens is 402 g/mol. The first-order chi connectivity index (χ1) is 15.5. The summed E-state index contributed by atoms with van der Waals surface area (Å²) in [6.45, 7) is 4.23. The van der Waals surface area contributed by atoms with Crippen LogP contribution >= 0.6 is 0 Å². The molecule has 0 N–H and O–H groups in total. The molecular formula is C26H25N3O3. The lowest BCUT2D eigenvalue weighted by Gasteiger charge is -2.27. The highest BCUT2D eigenvalue weighted by Gasteiger charge is 2.25.